The number of sulfone groups is 1. The lowest BCUT2D eigenvalue weighted by atomic mass is 10.2. The van der Waals surface area contributed by atoms with Crippen LogP contribution < -0.4 is 5.32 Å². The van der Waals surface area contributed by atoms with Gasteiger partial charge in [0.25, 0.3) is 0 Å². The van der Waals surface area contributed by atoms with E-state index in [1.54, 1.807) is 49.4 Å². The Kier molecular flexibility index (Phi) is 5.87. The molecule has 0 bridgehead atoms. The fourth-order valence-corrected chi connectivity index (χ4v) is 4.03. The molecule has 0 saturated carbocycles. The monoisotopic (exact) mass is 382 g/mol. The van der Waals surface area contributed by atoms with Crippen molar-refractivity contribution in [2.45, 2.75) is 23.3 Å². The van der Waals surface area contributed by atoms with Gasteiger partial charge in [0.05, 0.1) is 15.5 Å². The van der Waals surface area contributed by atoms with Crippen molar-refractivity contribution in [2.24, 2.45) is 0 Å². The third-order valence-corrected chi connectivity index (χ3v) is 7.33. The highest BCUT2D eigenvalue weighted by molar-refractivity contribution is 7.91. The number of anilines is 1. The number of hydrogen-bond donors (Lipinski definition) is 1. The molecule has 0 aromatic heterocycles. The van der Waals surface area contributed by atoms with Crippen LogP contribution in [0.15, 0.2) is 58.3 Å². The summed E-state index contributed by atoms with van der Waals surface area (Å²) in [5.41, 5.74) is 1.57. The summed E-state index contributed by atoms with van der Waals surface area (Å²) >= 11 is 0. The fraction of sp³-hybridized carbons (Fsp3) is 0.294. The predicted molar refractivity (Wildman–Crippen MR) is 98.8 cm³/mol. The van der Waals surface area contributed by atoms with Crippen molar-refractivity contribution < 1.29 is 16.8 Å². The lowest BCUT2D eigenvalue weighted by Crippen LogP contribution is -2.22. The largest absolute Gasteiger partial charge is 0.381 e. The van der Waals surface area contributed by atoms with Crippen LogP contribution in [-0.2, 0) is 26.4 Å². The molecule has 0 heterocycles. The molecule has 0 aliphatic carbocycles. The van der Waals surface area contributed by atoms with Crippen molar-refractivity contribution in [2.75, 3.05) is 25.2 Å². The molecule has 8 heteroatoms. The van der Waals surface area contributed by atoms with Gasteiger partial charge in [0.15, 0.2) is 9.84 Å². The number of rotatable bonds is 7. The fourth-order valence-electron chi connectivity index (χ4n) is 2.18. The molecule has 0 saturated heterocycles. The first kappa shape index (κ1) is 19.4. The van der Waals surface area contributed by atoms with E-state index in [0.717, 1.165) is 11.3 Å². The van der Waals surface area contributed by atoms with Crippen LogP contribution in [0.4, 0.5) is 5.69 Å². The molecule has 0 spiro atoms. The van der Waals surface area contributed by atoms with Crippen LogP contribution in [0, 0.1) is 0 Å². The van der Waals surface area contributed by atoms with Crippen LogP contribution in [0.5, 0.6) is 0 Å². The average Bonchev–Trinajstić information content (AvgIpc) is 2.60. The van der Waals surface area contributed by atoms with E-state index in [2.05, 4.69) is 5.32 Å². The van der Waals surface area contributed by atoms with E-state index in [4.69, 9.17) is 0 Å². The Labute approximate surface area is 149 Å². The molecule has 136 valence electrons. The maximum Gasteiger partial charge on any atom is 0.242 e. The number of nitrogens with zero attached hydrogens (tertiary/aromatic N) is 1. The molecule has 2 aromatic carbocycles. The summed E-state index contributed by atoms with van der Waals surface area (Å²) in [6.07, 6.45) is 0. The van der Waals surface area contributed by atoms with Gasteiger partial charge < -0.3 is 5.32 Å². The van der Waals surface area contributed by atoms with Crippen molar-refractivity contribution in [3.05, 3.63) is 54.1 Å². The molecule has 2 aromatic rings. The maximum absolute atomic E-state index is 12.2. The SMILES string of the molecule is CCS(=O)(=O)c1ccc(NCc2cccc(S(=O)(=O)N(C)C)c2)cc1. The summed E-state index contributed by atoms with van der Waals surface area (Å²) in [4.78, 5) is 0.529. The molecule has 25 heavy (non-hydrogen) atoms. The Balaban J connectivity index is 2.12. The normalized spacial score (nSPS) is 12.3. The summed E-state index contributed by atoms with van der Waals surface area (Å²) in [5, 5.41) is 3.16. The van der Waals surface area contributed by atoms with E-state index < -0.39 is 19.9 Å². The minimum Gasteiger partial charge on any atom is -0.381 e. The smallest absolute Gasteiger partial charge is 0.242 e. The third-order valence-electron chi connectivity index (χ3n) is 3.77. The molecular weight excluding hydrogens is 360 g/mol. The average molecular weight is 383 g/mol. The lowest BCUT2D eigenvalue weighted by molar-refractivity contribution is 0.520. The molecule has 0 amide bonds. The number of sulfonamides is 1. The van der Waals surface area contributed by atoms with E-state index in [9.17, 15) is 16.8 Å². The molecule has 2 rings (SSSR count). The van der Waals surface area contributed by atoms with Gasteiger partial charge in [0.1, 0.15) is 0 Å². The first-order chi connectivity index (χ1) is 11.7. The van der Waals surface area contributed by atoms with Gasteiger partial charge in [0.2, 0.25) is 10.0 Å². The molecule has 0 aliphatic heterocycles. The van der Waals surface area contributed by atoms with Crippen LogP contribution in [0.2, 0.25) is 0 Å². The van der Waals surface area contributed by atoms with Crippen LogP contribution in [0.3, 0.4) is 0 Å². The zero-order valence-corrected chi connectivity index (χ0v) is 16.1. The number of benzene rings is 2. The lowest BCUT2D eigenvalue weighted by Gasteiger charge is -2.13. The van der Waals surface area contributed by atoms with Crippen LogP contribution >= 0.6 is 0 Å². The second-order valence-electron chi connectivity index (χ2n) is 5.72. The summed E-state index contributed by atoms with van der Waals surface area (Å²) in [7, 11) is -3.70. The highest BCUT2D eigenvalue weighted by Crippen LogP contribution is 2.18. The van der Waals surface area contributed by atoms with Gasteiger partial charge in [-0.3, -0.25) is 0 Å². The van der Waals surface area contributed by atoms with Gasteiger partial charge in [-0.1, -0.05) is 19.1 Å². The van der Waals surface area contributed by atoms with Gasteiger partial charge in [-0.25, -0.2) is 21.1 Å². The van der Waals surface area contributed by atoms with Crippen molar-refractivity contribution in [3.8, 4) is 0 Å². The van der Waals surface area contributed by atoms with E-state index >= 15 is 0 Å². The summed E-state index contributed by atoms with van der Waals surface area (Å²) in [6.45, 7) is 2.03. The molecule has 0 radical (unpaired) electrons. The summed E-state index contributed by atoms with van der Waals surface area (Å²) in [5.74, 6) is 0.0624. The number of nitrogens with one attached hydrogen (secondary N) is 1. The summed E-state index contributed by atoms with van der Waals surface area (Å²) in [6, 6.07) is 13.2. The van der Waals surface area contributed by atoms with Gasteiger partial charge in [-0.15, -0.1) is 0 Å². The van der Waals surface area contributed by atoms with E-state index in [-0.39, 0.29) is 10.6 Å². The van der Waals surface area contributed by atoms with Crippen molar-refractivity contribution in [1.29, 1.82) is 0 Å². The topological polar surface area (TPSA) is 83.5 Å². The van der Waals surface area contributed by atoms with Gasteiger partial charge >= 0.3 is 0 Å². The van der Waals surface area contributed by atoms with Crippen LogP contribution in [0.1, 0.15) is 12.5 Å². The van der Waals surface area contributed by atoms with Gasteiger partial charge in [0, 0.05) is 26.3 Å². The molecule has 0 fully saturated rings. The Morgan fingerprint density at radius 3 is 2.12 bits per heavy atom. The van der Waals surface area contributed by atoms with Crippen molar-refractivity contribution in [3.63, 3.8) is 0 Å². The first-order valence-corrected chi connectivity index (χ1v) is 10.8. The standard InChI is InChI=1S/C17H22N2O4S2/c1-4-24(20,21)16-10-8-15(9-11-16)18-13-14-6-5-7-17(12-14)25(22,23)19(2)3/h5-12,18H,4,13H2,1-3H3. The van der Waals surface area contributed by atoms with E-state index in [1.165, 1.54) is 18.4 Å². The quantitative estimate of drug-likeness (QED) is 0.795. The Morgan fingerprint density at radius 2 is 1.56 bits per heavy atom. The highest BCUT2D eigenvalue weighted by atomic mass is 32.2. The second-order valence-corrected chi connectivity index (χ2v) is 10.1. The second kappa shape index (κ2) is 7.55. The number of hydrogen-bond acceptors (Lipinski definition) is 5. The molecule has 0 unspecified atom stereocenters. The van der Waals surface area contributed by atoms with Crippen LogP contribution in [-0.4, -0.2) is 41.0 Å². The zero-order valence-electron chi connectivity index (χ0n) is 14.4. The van der Waals surface area contributed by atoms with E-state index in [0.29, 0.717) is 11.4 Å². The molecule has 6 nitrogen and oxygen atoms in total. The Hall–Kier alpha value is -1.90. The van der Waals surface area contributed by atoms with Crippen LogP contribution in [0.25, 0.3) is 0 Å². The van der Waals surface area contributed by atoms with Crippen molar-refractivity contribution in [1.82, 2.24) is 4.31 Å². The Morgan fingerprint density at radius 1 is 0.920 bits per heavy atom. The minimum atomic E-state index is -3.47. The first-order valence-electron chi connectivity index (χ1n) is 7.75. The zero-order chi connectivity index (χ0) is 18.7. The maximum atomic E-state index is 12.2. The molecular formula is C17H22N2O4S2. The molecule has 0 atom stereocenters. The highest BCUT2D eigenvalue weighted by Gasteiger charge is 2.17. The van der Waals surface area contributed by atoms with Crippen molar-refractivity contribution >= 4 is 25.5 Å². The van der Waals surface area contributed by atoms with E-state index in [1.807, 2.05) is 6.07 Å². The third kappa shape index (κ3) is 4.59. The molecule has 1 N–H and O–H groups in total. The molecule has 0 aliphatic rings. The Bertz CT molecular complexity index is 935. The summed E-state index contributed by atoms with van der Waals surface area (Å²) < 4.78 is 49.1. The van der Waals surface area contributed by atoms with Gasteiger partial charge in [-0.05, 0) is 42.0 Å². The predicted octanol–water partition coefficient (Wildman–Crippen LogP) is 2.34. The minimum absolute atomic E-state index is 0.0624. The van der Waals surface area contributed by atoms with Gasteiger partial charge in [-0.2, -0.15) is 0 Å².